The van der Waals surface area contributed by atoms with E-state index in [-0.39, 0.29) is 33.1 Å². The topological polar surface area (TPSA) is 88.8 Å². The van der Waals surface area contributed by atoms with Gasteiger partial charge in [-0.3, -0.25) is 14.2 Å². The standard InChI is InChI=1S/C20H14ClF4NO5/c1-9-12(7-17(28)29)13-6-16(27)14(21)8-15(13)26(9)18(30)10-2-4-11(5-3-10)31-20(24,25)19(22)23/h2-6,8,19,27H,7H2,1H3,(H,28,29). The number of halogens is 5. The first-order valence-corrected chi connectivity index (χ1v) is 9.04. The molecule has 0 aliphatic heterocycles. The maximum atomic E-state index is 13.1. The average molecular weight is 460 g/mol. The molecule has 31 heavy (non-hydrogen) atoms. The number of fused-ring (bicyclic) bond motifs is 1. The van der Waals surface area contributed by atoms with E-state index < -0.39 is 36.6 Å². The number of hydrogen-bond donors (Lipinski definition) is 2. The van der Waals surface area contributed by atoms with Gasteiger partial charge in [0.15, 0.2) is 0 Å². The number of rotatable bonds is 6. The van der Waals surface area contributed by atoms with Gasteiger partial charge in [-0.1, -0.05) is 11.6 Å². The Balaban J connectivity index is 2.05. The predicted molar refractivity (Wildman–Crippen MR) is 102 cm³/mol. The number of alkyl halides is 4. The van der Waals surface area contributed by atoms with Crippen LogP contribution in [-0.2, 0) is 11.2 Å². The van der Waals surface area contributed by atoms with Crippen LogP contribution >= 0.6 is 11.6 Å². The van der Waals surface area contributed by atoms with Gasteiger partial charge < -0.3 is 14.9 Å². The average Bonchev–Trinajstić information content (AvgIpc) is 2.92. The molecule has 164 valence electrons. The quantitative estimate of drug-likeness (QED) is 0.514. The number of benzene rings is 2. The molecule has 2 aromatic carbocycles. The molecule has 0 unspecified atom stereocenters. The normalized spacial score (nSPS) is 11.8. The molecule has 0 atom stereocenters. The second kappa shape index (κ2) is 8.10. The van der Waals surface area contributed by atoms with Gasteiger partial charge >= 0.3 is 18.5 Å². The van der Waals surface area contributed by atoms with Crippen molar-refractivity contribution < 1.29 is 42.1 Å². The van der Waals surface area contributed by atoms with Gasteiger partial charge in [-0.2, -0.15) is 17.6 Å². The number of aliphatic carboxylic acids is 1. The Labute approximate surface area is 177 Å². The highest BCUT2D eigenvalue weighted by atomic mass is 35.5. The van der Waals surface area contributed by atoms with E-state index in [4.69, 9.17) is 11.6 Å². The second-order valence-electron chi connectivity index (χ2n) is 6.58. The molecule has 6 nitrogen and oxygen atoms in total. The van der Waals surface area contributed by atoms with Crippen LogP contribution in [0.3, 0.4) is 0 Å². The van der Waals surface area contributed by atoms with Crippen molar-refractivity contribution >= 4 is 34.4 Å². The van der Waals surface area contributed by atoms with Crippen molar-refractivity contribution in [2.75, 3.05) is 0 Å². The zero-order valence-electron chi connectivity index (χ0n) is 15.7. The van der Waals surface area contributed by atoms with E-state index in [0.717, 1.165) is 24.3 Å². The lowest BCUT2D eigenvalue weighted by atomic mass is 10.1. The summed E-state index contributed by atoms with van der Waals surface area (Å²) in [7, 11) is 0. The van der Waals surface area contributed by atoms with Crippen LogP contribution in [-0.4, -0.2) is 39.2 Å². The van der Waals surface area contributed by atoms with Gasteiger partial charge in [0, 0.05) is 16.6 Å². The molecule has 1 heterocycles. The highest BCUT2D eigenvalue weighted by molar-refractivity contribution is 6.33. The molecule has 3 rings (SSSR count). The summed E-state index contributed by atoms with van der Waals surface area (Å²) in [4.78, 5) is 24.3. The van der Waals surface area contributed by atoms with Gasteiger partial charge in [0.1, 0.15) is 11.5 Å². The summed E-state index contributed by atoms with van der Waals surface area (Å²) in [6.07, 6.45) is -9.15. The van der Waals surface area contributed by atoms with E-state index >= 15 is 0 Å². The molecule has 0 radical (unpaired) electrons. The van der Waals surface area contributed by atoms with Crippen LogP contribution in [0.15, 0.2) is 36.4 Å². The zero-order valence-corrected chi connectivity index (χ0v) is 16.5. The van der Waals surface area contributed by atoms with Crippen molar-refractivity contribution in [2.24, 2.45) is 0 Å². The number of carbonyl (C=O) groups excluding carboxylic acids is 1. The zero-order chi connectivity index (χ0) is 23.1. The second-order valence-corrected chi connectivity index (χ2v) is 6.99. The number of aromatic nitrogens is 1. The van der Waals surface area contributed by atoms with Gasteiger partial charge in [-0.25, -0.2) is 0 Å². The number of carbonyl (C=O) groups is 2. The summed E-state index contributed by atoms with van der Waals surface area (Å²) in [6, 6.07) is 6.61. The first-order valence-electron chi connectivity index (χ1n) is 8.66. The van der Waals surface area contributed by atoms with Crippen LogP contribution in [0.25, 0.3) is 10.9 Å². The van der Waals surface area contributed by atoms with E-state index in [0.29, 0.717) is 5.39 Å². The summed E-state index contributed by atoms with van der Waals surface area (Å²) < 4.78 is 55.7. The number of aromatic hydroxyl groups is 1. The fourth-order valence-electron chi connectivity index (χ4n) is 3.12. The number of carboxylic acid groups (broad SMARTS) is 1. The van der Waals surface area contributed by atoms with Crippen molar-refractivity contribution in [3.63, 3.8) is 0 Å². The largest absolute Gasteiger partial charge is 0.506 e. The highest BCUT2D eigenvalue weighted by Gasteiger charge is 2.44. The van der Waals surface area contributed by atoms with Crippen LogP contribution in [0.1, 0.15) is 21.6 Å². The Hall–Kier alpha value is -3.27. The molecular formula is C20H14ClF4NO5. The van der Waals surface area contributed by atoms with Gasteiger partial charge in [0.25, 0.3) is 5.91 Å². The summed E-state index contributed by atoms with van der Waals surface area (Å²) in [6.45, 7) is 1.50. The minimum Gasteiger partial charge on any atom is -0.506 e. The van der Waals surface area contributed by atoms with Gasteiger partial charge in [0.05, 0.1) is 17.0 Å². The number of phenols is 1. The first kappa shape index (κ1) is 22.4. The Morgan fingerprint density at radius 1 is 1.19 bits per heavy atom. The van der Waals surface area contributed by atoms with Crippen LogP contribution in [0.4, 0.5) is 17.6 Å². The fourth-order valence-corrected chi connectivity index (χ4v) is 3.28. The Kier molecular flexibility index (Phi) is 5.86. The van der Waals surface area contributed by atoms with Gasteiger partial charge in [-0.15, -0.1) is 0 Å². The molecule has 1 aromatic heterocycles. The Bertz CT molecular complexity index is 1170. The summed E-state index contributed by atoms with van der Waals surface area (Å²) in [5.41, 5.74) is 0.762. The molecule has 3 aromatic rings. The molecule has 0 fully saturated rings. The molecule has 0 aliphatic carbocycles. The van der Waals surface area contributed by atoms with Crippen molar-refractivity contribution in [2.45, 2.75) is 25.9 Å². The van der Waals surface area contributed by atoms with Crippen LogP contribution in [0.5, 0.6) is 11.5 Å². The molecule has 2 N–H and O–H groups in total. The Morgan fingerprint density at radius 3 is 2.35 bits per heavy atom. The van der Waals surface area contributed by atoms with E-state index in [1.807, 2.05) is 0 Å². The smallest absolute Gasteiger partial charge is 0.461 e. The van der Waals surface area contributed by atoms with Crippen molar-refractivity contribution in [1.82, 2.24) is 4.57 Å². The third-order valence-corrected chi connectivity index (χ3v) is 4.85. The van der Waals surface area contributed by atoms with Gasteiger partial charge in [0.2, 0.25) is 0 Å². The number of ether oxygens (including phenoxy) is 1. The van der Waals surface area contributed by atoms with Crippen LogP contribution < -0.4 is 4.74 Å². The summed E-state index contributed by atoms with van der Waals surface area (Å²) in [5, 5.41) is 19.3. The van der Waals surface area contributed by atoms with E-state index in [1.54, 1.807) is 0 Å². The van der Waals surface area contributed by atoms with Crippen LogP contribution in [0.2, 0.25) is 5.02 Å². The number of hydrogen-bond acceptors (Lipinski definition) is 4. The number of phenolic OH excluding ortho intramolecular Hbond substituents is 1. The molecule has 11 heteroatoms. The monoisotopic (exact) mass is 459 g/mol. The minimum absolute atomic E-state index is 0.0150. The number of nitrogens with zero attached hydrogens (tertiary/aromatic N) is 1. The predicted octanol–water partition coefficient (Wildman–Crippen LogP) is 4.86. The number of carboxylic acids is 1. The van der Waals surface area contributed by atoms with Gasteiger partial charge in [-0.05, 0) is 48.9 Å². The maximum Gasteiger partial charge on any atom is 0.461 e. The third kappa shape index (κ3) is 4.29. The van der Waals surface area contributed by atoms with Crippen molar-refractivity contribution in [3.8, 4) is 11.5 Å². The lowest BCUT2D eigenvalue weighted by molar-refractivity contribution is -0.253. The molecule has 0 saturated carbocycles. The molecular weight excluding hydrogens is 446 g/mol. The molecule has 0 spiro atoms. The molecule has 0 bridgehead atoms. The van der Waals surface area contributed by atoms with Crippen molar-refractivity contribution in [3.05, 3.63) is 58.2 Å². The first-order chi connectivity index (χ1) is 14.4. The Morgan fingerprint density at radius 2 is 1.81 bits per heavy atom. The summed E-state index contributed by atoms with van der Waals surface area (Å²) >= 11 is 5.95. The minimum atomic E-state index is -4.69. The van der Waals surface area contributed by atoms with Crippen molar-refractivity contribution in [1.29, 1.82) is 0 Å². The van der Waals surface area contributed by atoms with E-state index in [2.05, 4.69) is 4.74 Å². The summed E-state index contributed by atoms with van der Waals surface area (Å²) in [5.74, 6) is -2.69. The van der Waals surface area contributed by atoms with E-state index in [9.17, 15) is 37.4 Å². The lowest BCUT2D eigenvalue weighted by Gasteiger charge is -2.17. The molecule has 0 aliphatic rings. The van der Waals surface area contributed by atoms with Crippen LogP contribution in [0, 0.1) is 6.92 Å². The lowest BCUT2D eigenvalue weighted by Crippen LogP contribution is -2.33. The SMILES string of the molecule is Cc1c(CC(=O)O)c2cc(O)c(Cl)cc2n1C(=O)c1ccc(OC(F)(F)C(F)F)cc1. The fraction of sp³-hybridized carbons (Fsp3) is 0.200. The van der Waals surface area contributed by atoms with E-state index in [1.165, 1.54) is 23.6 Å². The third-order valence-electron chi connectivity index (χ3n) is 4.54. The molecule has 0 amide bonds. The molecule has 0 saturated heterocycles. The highest BCUT2D eigenvalue weighted by Crippen LogP contribution is 2.35. The maximum absolute atomic E-state index is 13.1.